The third-order valence-electron chi connectivity index (χ3n) is 1.63. The van der Waals surface area contributed by atoms with E-state index in [4.69, 9.17) is 17.3 Å². The van der Waals surface area contributed by atoms with E-state index in [0.29, 0.717) is 9.63 Å². The van der Waals surface area contributed by atoms with Crippen molar-refractivity contribution < 1.29 is 0 Å². The molecule has 66 valence electrons. The maximum atomic E-state index is 5.82. The molecule has 0 aliphatic rings. The molecule has 13 heavy (non-hydrogen) atoms. The molecule has 0 unspecified atom stereocenters. The van der Waals surface area contributed by atoms with Gasteiger partial charge < -0.3 is 5.73 Å². The number of anilines is 1. The second-order valence-electron chi connectivity index (χ2n) is 2.53. The highest BCUT2D eigenvalue weighted by atomic mass is 79.9. The Morgan fingerprint density at radius 3 is 2.85 bits per heavy atom. The lowest BCUT2D eigenvalue weighted by Crippen LogP contribution is -1.95. The number of halogens is 2. The molecule has 1 aromatic heterocycles. The summed E-state index contributed by atoms with van der Waals surface area (Å²) in [6.45, 7) is 0. The summed E-state index contributed by atoms with van der Waals surface area (Å²) < 4.78 is 0.664. The van der Waals surface area contributed by atoms with Crippen LogP contribution in [0.25, 0.3) is 10.9 Å². The molecule has 2 N–H and O–H groups in total. The molecule has 3 nitrogen and oxygen atoms in total. The van der Waals surface area contributed by atoms with Gasteiger partial charge in [0.05, 0.1) is 5.52 Å². The van der Waals surface area contributed by atoms with Crippen LogP contribution in [0.2, 0.25) is 5.02 Å². The molecule has 2 rings (SSSR count). The number of aromatic nitrogens is 2. The summed E-state index contributed by atoms with van der Waals surface area (Å²) in [5, 5.41) is 1.52. The number of nitrogen functional groups attached to an aromatic ring is 1. The fourth-order valence-corrected chi connectivity index (χ4v) is 1.75. The minimum Gasteiger partial charge on any atom is -0.368 e. The predicted molar refractivity (Wildman–Crippen MR) is 56.7 cm³/mol. The highest BCUT2D eigenvalue weighted by Crippen LogP contribution is 2.24. The molecule has 5 heteroatoms. The number of nitrogens with zero attached hydrogens (tertiary/aromatic N) is 2. The van der Waals surface area contributed by atoms with Gasteiger partial charge in [-0.15, -0.1) is 0 Å². The minimum absolute atomic E-state index is 0.252. The summed E-state index contributed by atoms with van der Waals surface area (Å²) in [5.41, 5.74) is 6.26. The van der Waals surface area contributed by atoms with Crippen molar-refractivity contribution in [3.05, 3.63) is 27.8 Å². The average Bonchev–Trinajstić information content (AvgIpc) is 2.06. The summed E-state index contributed by atoms with van der Waals surface area (Å²) in [6, 6.07) is 5.36. The van der Waals surface area contributed by atoms with Crippen molar-refractivity contribution in [1.82, 2.24) is 9.97 Å². The van der Waals surface area contributed by atoms with E-state index < -0.39 is 0 Å². The summed E-state index contributed by atoms with van der Waals surface area (Å²) in [7, 11) is 0. The van der Waals surface area contributed by atoms with Gasteiger partial charge in [-0.2, -0.15) is 0 Å². The van der Waals surface area contributed by atoms with Crippen LogP contribution in [-0.2, 0) is 0 Å². The van der Waals surface area contributed by atoms with E-state index in [9.17, 15) is 0 Å². The zero-order valence-corrected chi connectivity index (χ0v) is 8.80. The SMILES string of the molecule is Nc1nc(Br)c2cc(Cl)ccc2n1. The Hall–Kier alpha value is -0.870. The molecule has 0 radical (unpaired) electrons. The maximum absolute atomic E-state index is 5.82. The van der Waals surface area contributed by atoms with Gasteiger partial charge in [0.1, 0.15) is 4.60 Å². The summed E-state index contributed by atoms with van der Waals surface area (Å²) in [6.07, 6.45) is 0. The molecule has 1 aromatic carbocycles. The first-order valence-corrected chi connectivity index (χ1v) is 4.72. The minimum atomic E-state index is 0.252. The Bertz CT molecular complexity index is 472. The third-order valence-corrected chi connectivity index (χ3v) is 2.47. The van der Waals surface area contributed by atoms with Crippen molar-refractivity contribution in [1.29, 1.82) is 0 Å². The molecule has 0 atom stereocenters. The average molecular weight is 259 g/mol. The molecule has 0 spiro atoms. The molecule has 0 saturated carbocycles. The molecule has 0 aliphatic heterocycles. The molecule has 0 fully saturated rings. The van der Waals surface area contributed by atoms with E-state index in [0.717, 1.165) is 10.9 Å². The second-order valence-corrected chi connectivity index (χ2v) is 3.72. The van der Waals surface area contributed by atoms with Crippen molar-refractivity contribution in [2.24, 2.45) is 0 Å². The van der Waals surface area contributed by atoms with Crippen molar-refractivity contribution in [2.75, 3.05) is 5.73 Å². The molecule has 2 aromatic rings. The summed E-state index contributed by atoms with van der Waals surface area (Å²) >= 11 is 9.11. The number of hydrogen-bond acceptors (Lipinski definition) is 3. The Morgan fingerprint density at radius 1 is 1.31 bits per heavy atom. The van der Waals surface area contributed by atoms with Crippen molar-refractivity contribution >= 4 is 44.4 Å². The van der Waals surface area contributed by atoms with Gasteiger partial charge in [0.25, 0.3) is 0 Å². The fraction of sp³-hybridized carbons (Fsp3) is 0. The van der Waals surface area contributed by atoms with Crippen LogP contribution >= 0.6 is 27.5 Å². The number of hydrogen-bond donors (Lipinski definition) is 1. The quantitative estimate of drug-likeness (QED) is 0.739. The number of nitrogens with two attached hydrogens (primary N) is 1. The highest BCUT2D eigenvalue weighted by molar-refractivity contribution is 9.10. The number of benzene rings is 1. The van der Waals surface area contributed by atoms with E-state index in [1.54, 1.807) is 18.2 Å². The Balaban J connectivity index is 2.87. The first-order valence-electron chi connectivity index (χ1n) is 3.55. The van der Waals surface area contributed by atoms with Crippen LogP contribution in [0.3, 0.4) is 0 Å². The number of fused-ring (bicyclic) bond motifs is 1. The van der Waals surface area contributed by atoms with Crippen LogP contribution in [0.4, 0.5) is 5.95 Å². The predicted octanol–water partition coefficient (Wildman–Crippen LogP) is 2.63. The Labute approximate surface area is 88.1 Å². The largest absolute Gasteiger partial charge is 0.368 e. The topological polar surface area (TPSA) is 51.8 Å². The molecular weight excluding hydrogens is 253 g/mol. The van der Waals surface area contributed by atoms with E-state index in [1.807, 2.05) is 0 Å². The summed E-state index contributed by atoms with van der Waals surface area (Å²) in [5.74, 6) is 0.252. The van der Waals surface area contributed by atoms with Gasteiger partial charge in [0.2, 0.25) is 5.95 Å². The van der Waals surface area contributed by atoms with Gasteiger partial charge in [-0.3, -0.25) is 0 Å². The Kier molecular flexibility index (Phi) is 2.09. The maximum Gasteiger partial charge on any atom is 0.221 e. The first-order chi connectivity index (χ1) is 6.16. The van der Waals surface area contributed by atoms with Crippen molar-refractivity contribution in [3.8, 4) is 0 Å². The zero-order valence-electron chi connectivity index (χ0n) is 6.46. The molecule has 0 amide bonds. The van der Waals surface area contributed by atoms with E-state index in [-0.39, 0.29) is 5.95 Å². The smallest absolute Gasteiger partial charge is 0.221 e. The van der Waals surface area contributed by atoms with Gasteiger partial charge in [-0.25, -0.2) is 9.97 Å². The van der Waals surface area contributed by atoms with Gasteiger partial charge in [-0.05, 0) is 34.1 Å². The lowest BCUT2D eigenvalue weighted by atomic mass is 10.2. The van der Waals surface area contributed by atoms with Crippen LogP contribution in [0.15, 0.2) is 22.8 Å². The van der Waals surface area contributed by atoms with E-state index >= 15 is 0 Å². The molecular formula is C8H5BrClN3. The first kappa shape index (κ1) is 8.72. The van der Waals surface area contributed by atoms with Crippen LogP contribution in [0.1, 0.15) is 0 Å². The standard InChI is InChI=1S/C8H5BrClN3/c9-7-5-3-4(10)1-2-6(5)12-8(11)13-7/h1-3H,(H2,11,12,13). The summed E-state index contributed by atoms with van der Waals surface area (Å²) in [4.78, 5) is 8.02. The second kappa shape index (κ2) is 3.12. The molecule has 0 saturated heterocycles. The van der Waals surface area contributed by atoms with E-state index in [2.05, 4.69) is 25.9 Å². The highest BCUT2D eigenvalue weighted by Gasteiger charge is 2.03. The van der Waals surface area contributed by atoms with Crippen molar-refractivity contribution in [2.45, 2.75) is 0 Å². The number of rotatable bonds is 0. The Morgan fingerprint density at radius 2 is 2.08 bits per heavy atom. The van der Waals surface area contributed by atoms with Gasteiger partial charge in [-0.1, -0.05) is 11.6 Å². The third kappa shape index (κ3) is 1.59. The van der Waals surface area contributed by atoms with Gasteiger partial charge in [0, 0.05) is 10.4 Å². The fourth-order valence-electron chi connectivity index (χ4n) is 1.08. The van der Waals surface area contributed by atoms with Gasteiger partial charge >= 0.3 is 0 Å². The van der Waals surface area contributed by atoms with Crippen molar-refractivity contribution in [3.63, 3.8) is 0 Å². The zero-order chi connectivity index (χ0) is 9.42. The van der Waals surface area contributed by atoms with Crippen LogP contribution < -0.4 is 5.73 Å². The monoisotopic (exact) mass is 257 g/mol. The van der Waals surface area contributed by atoms with E-state index in [1.165, 1.54) is 0 Å². The molecule has 1 heterocycles. The lowest BCUT2D eigenvalue weighted by Gasteiger charge is -2.00. The van der Waals surface area contributed by atoms with Crippen LogP contribution in [-0.4, -0.2) is 9.97 Å². The van der Waals surface area contributed by atoms with Crippen LogP contribution in [0.5, 0.6) is 0 Å². The normalized spacial score (nSPS) is 10.6. The van der Waals surface area contributed by atoms with Gasteiger partial charge in [0.15, 0.2) is 0 Å². The van der Waals surface area contributed by atoms with Crippen LogP contribution in [0, 0.1) is 0 Å². The molecule has 0 bridgehead atoms. The lowest BCUT2D eigenvalue weighted by molar-refractivity contribution is 1.21. The molecule has 0 aliphatic carbocycles.